The molecule has 58 valence electrons. The van der Waals surface area contributed by atoms with Crippen molar-refractivity contribution < 1.29 is 21.9 Å². The first-order valence-electron chi connectivity index (χ1n) is 2.06. The summed E-state index contributed by atoms with van der Waals surface area (Å²) in [6.45, 7) is 0. The van der Waals surface area contributed by atoms with Gasteiger partial charge >= 0.3 is 0 Å². The Kier molecular flexibility index (Phi) is 3.93. The molecule has 5 nitrogen and oxygen atoms in total. The average molecular weight is 184 g/mol. The molecule has 0 fully saturated rings. The molecule has 0 saturated carbocycles. The van der Waals surface area contributed by atoms with Gasteiger partial charge in [-0.15, -0.1) is 0 Å². The molecule has 0 radical (unpaired) electrons. The molecule has 0 bridgehead atoms. The van der Waals surface area contributed by atoms with Gasteiger partial charge in [-0.05, 0) is 0 Å². The lowest BCUT2D eigenvalue weighted by Gasteiger charge is -1.84. The number of aliphatic hydroxyl groups excluding tert-OH is 1. The molecule has 0 heterocycles. The van der Waals surface area contributed by atoms with E-state index in [1.54, 1.807) is 0 Å². The van der Waals surface area contributed by atoms with Gasteiger partial charge in [0.25, 0.3) is 0 Å². The second kappa shape index (κ2) is 4.20. The zero-order chi connectivity index (χ0) is 8.15. The standard InChI is InChI=1S/C3H4O5S2/c4-3(1-9(5)6)2-10(7)8/h1-4H. The van der Waals surface area contributed by atoms with Crippen LogP contribution in [0.2, 0.25) is 0 Å². The summed E-state index contributed by atoms with van der Waals surface area (Å²) in [5, 5.41) is 9.40. The zero-order valence-electron chi connectivity index (χ0n) is 4.63. The van der Waals surface area contributed by atoms with Gasteiger partial charge in [-0.3, -0.25) is 0 Å². The highest BCUT2D eigenvalue weighted by molar-refractivity contribution is 7.73. The third-order valence-corrected chi connectivity index (χ3v) is 1.50. The minimum atomic E-state index is -2.54. The maximum atomic E-state index is 9.75. The number of hydrogen-bond donors (Lipinski definition) is 1. The highest BCUT2D eigenvalue weighted by Gasteiger charge is 1.93. The van der Waals surface area contributed by atoms with Crippen molar-refractivity contribution in [3.8, 4) is 0 Å². The Balaban J connectivity index is 4.59. The van der Waals surface area contributed by atoms with Crippen LogP contribution in [0.15, 0.2) is 0 Å². The Morgan fingerprint density at radius 3 is 1.50 bits per heavy atom. The molecule has 0 aliphatic rings. The van der Waals surface area contributed by atoms with Crippen LogP contribution in [-0.2, 0) is 20.6 Å². The summed E-state index contributed by atoms with van der Waals surface area (Å²) in [5.74, 6) is 0. The molecule has 0 aromatic carbocycles. The van der Waals surface area contributed by atoms with Crippen LogP contribution >= 0.6 is 0 Å². The fraction of sp³-hybridized carbons (Fsp3) is 0.333. The third kappa shape index (κ3) is 5.48. The summed E-state index contributed by atoms with van der Waals surface area (Å²) in [5.41, 5.74) is 0. The molecule has 0 aromatic heterocycles. The highest BCUT2D eigenvalue weighted by Crippen LogP contribution is 1.65. The Labute approximate surface area is 60.0 Å². The van der Waals surface area contributed by atoms with Gasteiger partial charge < -0.3 is 5.11 Å². The molecule has 0 aliphatic carbocycles. The molecule has 1 N–H and O–H groups in total. The van der Waals surface area contributed by atoms with Crippen LogP contribution in [0, 0.1) is 0 Å². The lowest BCUT2D eigenvalue weighted by atomic mass is 10.5. The minimum absolute atomic E-state index is 0.454. The lowest BCUT2D eigenvalue weighted by molar-refractivity contribution is 0.318. The highest BCUT2D eigenvalue weighted by atomic mass is 32.2. The van der Waals surface area contributed by atoms with Gasteiger partial charge in [-0.25, -0.2) is 0 Å². The fourth-order valence-corrected chi connectivity index (χ4v) is 0.972. The van der Waals surface area contributed by atoms with E-state index >= 15 is 0 Å². The molecule has 0 rings (SSSR count). The Hall–Kier alpha value is -0.660. The molecule has 0 aliphatic heterocycles. The summed E-state index contributed by atoms with van der Waals surface area (Å²) < 4.78 is 39.0. The SMILES string of the molecule is O=S(=O)=CC(O)C=S(=O)=O. The van der Waals surface area contributed by atoms with E-state index in [9.17, 15) is 16.8 Å². The van der Waals surface area contributed by atoms with Gasteiger partial charge in [0.2, 0.25) is 20.6 Å². The van der Waals surface area contributed by atoms with E-state index in [-0.39, 0.29) is 0 Å². The number of hydrogen-bond acceptors (Lipinski definition) is 5. The van der Waals surface area contributed by atoms with Crippen molar-refractivity contribution in [2.24, 2.45) is 0 Å². The van der Waals surface area contributed by atoms with Gasteiger partial charge in [0.05, 0.1) is 10.7 Å². The first-order chi connectivity index (χ1) is 4.52. The van der Waals surface area contributed by atoms with Gasteiger partial charge in [0.1, 0.15) is 6.10 Å². The van der Waals surface area contributed by atoms with Crippen LogP contribution < -0.4 is 0 Å². The maximum absolute atomic E-state index is 9.75. The first kappa shape index (κ1) is 9.34. The van der Waals surface area contributed by atoms with Crippen molar-refractivity contribution in [1.29, 1.82) is 0 Å². The predicted octanol–water partition coefficient (Wildman–Crippen LogP) is -2.29. The largest absolute Gasteiger partial charge is 0.383 e. The first-order valence-corrected chi connectivity index (χ1v) is 4.34. The molecule has 10 heavy (non-hydrogen) atoms. The van der Waals surface area contributed by atoms with E-state index in [4.69, 9.17) is 5.11 Å². The number of aliphatic hydroxyl groups is 1. The topological polar surface area (TPSA) is 88.5 Å². The predicted molar refractivity (Wildman–Crippen MR) is 36.0 cm³/mol. The lowest BCUT2D eigenvalue weighted by Crippen LogP contribution is -2.10. The normalized spacial score (nSPS) is 9.00. The van der Waals surface area contributed by atoms with Gasteiger partial charge in [-0.2, -0.15) is 16.8 Å². The van der Waals surface area contributed by atoms with Gasteiger partial charge in [-0.1, -0.05) is 0 Å². The third-order valence-electron chi connectivity index (χ3n) is 0.501. The van der Waals surface area contributed by atoms with E-state index in [0.29, 0.717) is 10.7 Å². The molecular weight excluding hydrogens is 180 g/mol. The minimum Gasteiger partial charge on any atom is -0.383 e. The molecular formula is C3H4O5S2. The number of rotatable bonds is 2. The second-order valence-electron chi connectivity index (χ2n) is 1.28. The van der Waals surface area contributed by atoms with Crippen molar-refractivity contribution in [2.45, 2.75) is 6.10 Å². The van der Waals surface area contributed by atoms with Crippen molar-refractivity contribution in [1.82, 2.24) is 0 Å². The summed E-state index contributed by atoms with van der Waals surface area (Å²) in [6.07, 6.45) is -1.56. The van der Waals surface area contributed by atoms with Crippen LogP contribution in [0.25, 0.3) is 0 Å². The molecule has 0 amide bonds. The van der Waals surface area contributed by atoms with Crippen LogP contribution in [0.4, 0.5) is 0 Å². The van der Waals surface area contributed by atoms with Crippen molar-refractivity contribution in [2.75, 3.05) is 0 Å². The van der Waals surface area contributed by atoms with Crippen LogP contribution in [0.1, 0.15) is 0 Å². The van der Waals surface area contributed by atoms with Crippen molar-refractivity contribution in [3.63, 3.8) is 0 Å². The molecule has 0 saturated heterocycles. The fourth-order valence-electron chi connectivity index (χ4n) is 0.260. The smallest absolute Gasteiger partial charge is 0.212 e. The quantitative estimate of drug-likeness (QED) is 0.488. The molecule has 0 atom stereocenters. The van der Waals surface area contributed by atoms with Crippen LogP contribution in [0.3, 0.4) is 0 Å². The summed E-state index contributed by atoms with van der Waals surface area (Å²) in [7, 11) is -5.08. The van der Waals surface area contributed by atoms with Crippen LogP contribution in [-0.4, -0.2) is 38.8 Å². The zero-order valence-corrected chi connectivity index (χ0v) is 6.26. The summed E-state index contributed by atoms with van der Waals surface area (Å²) >= 11 is 0. The van der Waals surface area contributed by atoms with Gasteiger partial charge in [0, 0.05) is 0 Å². The summed E-state index contributed by atoms with van der Waals surface area (Å²) in [4.78, 5) is 0. The second-order valence-corrected chi connectivity index (χ2v) is 2.87. The summed E-state index contributed by atoms with van der Waals surface area (Å²) in [6, 6.07) is 0. The molecule has 0 aromatic rings. The van der Waals surface area contributed by atoms with E-state index < -0.39 is 26.7 Å². The Morgan fingerprint density at radius 2 is 1.30 bits per heavy atom. The Bertz CT molecular complexity index is 292. The van der Waals surface area contributed by atoms with E-state index in [1.165, 1.54) is 0 Å². The molecule has 0 spiro atoms. The van der Waals surface area contributed by atoms with E-state index in [0.717, 1.165) is 0 Å². The van der Waals surface area contributed by atoms with E-state index in [1.807, 2.05) is 0 Å². The van der Waals surface area contributed by atoms with Crippen LogP contribution in [0.5, 0.6) is 0 Å². The van der Waals surface area contributed by atoms with E-state index in [2.05, 4.69) is 0 Å². The monoisotopic (exact) mass is 184 g/mol. The van der Waals surface area contributed by atoms with Gasteiger partial charge in [0.15, 0.2) is 0 Å². The Morgan fingerprint density at radius 1 is 1.00 bits per heavy atom. The molecule has 0 unspecified atom stereocenters. The average Bonchev–Trinajstić information content (AvgIpc) is 1.58. The van der Waals surface area contributed by atoms with Crippen molar-refractivity contribution in [3.05, 3.63) is 0 Å². The van der Waals surface area contributed by atoms with Crippen molar-refractivity contribution >= 4 is 31.3 Å². The molecule has 7 heteroatoms. The maximum Gasteiger partial charge on any atom is 0.212 e.